The summed E-state index contributed by atoms with van der Waals surface area (Å²) in [6, 6.07) is 17.9. The number of aromatic nitrogens is 3. The van der Waals surface area contributed by atoms with Gasteiger partial charge in [-0.1, -0.05) is 55.7 Å². The lowest BCUT2D eigenvalue weighted by Gasteiger charge is -2.39. The molecule has 0 spiro atoms. The molecule has 0 radical (unpaired) electrons. The number of thiophene rings is 2. The normalized spacial score (nSPS) is 16.7. The maximum Gasteiger partial charge on any atom is 0.349 e. The summed E-state index contributed by atoms with van der Waals surface area (Å²) in [5, 5.41) is 34.8. The van der Waals surface area contributed by atoms with E-state index in [1.54, 1.807) is 31.4 Å². The lowest BCUT2D eigenvalue weighted by atomic mass is 9.91. The highest BCUT2D eigenvalue weighted by molar-refractivity contribution is 7.12. The average Bonchev–Trinajstić information content (AvgIpc) is 4.09. The molecule has 4 aromatic heterocycles. The fourth-order valence-electron chi connectivity index (χ4n) is 7.98. The molecule has 64 heavy (non-hydrogen) atoms. The third kappa shape index (κ3) is 10.5. The number of rotatable bonds is 18. The average molecular weight is 949 g/mol. The molecule has 0 saturated heterocycles. The number of pyridine rings is 1. The Morgan fingerprint density at radius 3 is 2.41 bits per heavy atom. The predicted molar refractivity (Wildman–Crippen MR) is 255 cm³/mol. The van der Waals surface area contributed by atoms with Crippen LogP contribution < -0.4 is 15.6 Å². The van der Waals surface area contributed by atoms with Gasteiger partial charge in [-0.25, -0.2) is 4.79 Å². The highest BCUT2D eigenvalue weighted by Crippen LogP contribution is 2.42. The van der Waals surface area contributed by atoms with Crippen molar-refractivity contribution in [2.75, 3.05) is 27.2 Å². The summed E-state index contributed by atoms with van der Waals surface area (Å²) in [6.45, 7) is 12.6. The monoisotopic (exact) mass is 947 g/mol. The topological polar surface area (TPSA) is 172 Å². The number of phenolic OH excluding ortho intramolecular Hbond substituents is 1. The van der Waals surface area contributed by atoms with Gasteiger partial charge in [0.15, 0.2) is 8.32 Å². The Morgan fingerprint density at radius 1 is 1.06 bits per heavy atom. The number of hydrogen-bond donors (Lipinski definition) is 4. The number of nitrogens with zero attached hydrogens (tertiary/aromatic N) is 3. The summed E-state index contributed by atoms with van der Waals surface area (Å²) in [6.07, 6.45) is 3.98. The van der Waals surface area contributed by atoms with Gasteiger partial charge in [-0.15, -0.1) is 22.7 Å². The molecule has 1 atom stereocenters. The first-order chi connectivity index (χ1) is 30.5. The number of ether oxygens (including phenoxy) is 2. The van der Waals surface area contributed by atoms with Crippen molar-refractivity contribution in [3.05, 3.63) is 114 Å². The number of aromatic amines is 1. The van der Waals surface area contributed by atoms with E-state index >= 15 is 0 Å². The number of benzene rings is 2. The molecule has 1 aliphatic rings. The van der Waals surface area contributed by atoms with Crippen molar-refractivity contribution in [1.29, 1.82) is 0 Å². The molecule has 0 unspecified atom stereocenters. The first-order valence-corrected chi connectivity index (χ1v) is 26.7. The number of nitrogens with one attached hydrogen (secondary N) is 2. The van der Waals surface area contributed by atoms with Gasteiger partial charge in [-0.3, -0.25) is 4.79 Å². The summed E-state index contributed by atoms with van der Waals surface area (Å²) in [4.78, 5) is 36.5. The van der Waals surface area contributed by atoms with Crippen LogP contribution in [0.25, 0.3) is 22.3 Å². The first-order valence-electron chi connectivity index (χ1n) is 21.6. The summed E-state index contributed by atoms with van der Waals surface area (Å²) in [7, 11) is 1.45. The first kappa shape index (κ1) is 47.6. The lowest BCUT2D eigenvalue weighted by molar-refractivity contribution is -0.169. The third-order valence-corrected chi connectivity index (χ3v) is 19.5. The van der Waals surface area contributed by atoms with Crippen LogP contribution >= 0.6 is 34.3 Å². The van der Waals surface area contributed by atoms with Crippen molar-refractivity contribution in [2.45, 2.75) is 108 Å². The molecule has 0 amide bonds. The summed E-state index contributed by atoms with van der Waals surface area (Å²) in [5.41, 5.74) is 0.576. The van der Waals surface area contributed by atoms with E-state index in [9.17, 15) is 19.8 Å². The van der Waals surface area contributed by atoms with Gasteiger partial charge < -0.3 is 43.8 Å². The Balaban J connectivity index is 0.929. The van der Waals surface area contributed by atoms with Gasteiger partial charge in [-0.2, -0.15) is 4.98 Å². The zero-order chi connectivity index (χ0) is 45.8. The van der Waals surface area contributed by atoms with Crippen LogP contribution in [-0.4, -0.2) is 83.9 Å². The Morgan fingerprint density at radius 2 is 1.77 bits per heavy atom. The smallest absolute Gasteiger partial charge is 0.349 e. The minimum absolute atomic E-state index is 0.000443. The minimum Gasteiger partial charge on any atom is -0.506 e. The van der Waals surface area contributed by atoms with E-state index in [2.05, 4.69) is 66.3 Å². The van der Waals surface area contributed by atoms with Crippen LogP contribution in [0, 0.1) is 0 Å². The summed E-state index contributed by atoms with van der Waals surface area (Å²) < 4.78 is 24.4. The maximum absolute atomic E-state index is 13.5. The Labute approximate surface area is 387 Å². The molecule has 13 nitrogen and oxygen atoms in total. The van der Waals surface area contributed by atoms with Crippen LogP contribution in [0.15, 0.2) is 80.7 Å². The second kappa shape index (κ2) is 20.0. The van der Waals surface area contributed by atoms with Crippen LogP contribution in [0.4, 0.5) is 0 Å². The molecule has 7 rings (SSSR count). The summed E-state index contributed by atoms with van der Waals surface area (Å²) in [5.74, 6) is 0.891. The number of hydrogen-bond acceptors (Lipinski definition) is 14. The Hall–Kier alpha value is -4.39. The number of halogens is 1. The van der Waals surface area contributed by atoms with Gasteiger partial charge >= 0.3 is 5.97 Å². The largest absolute Gasteiger partial charge is 0.506 e. The zero-order valence-corrected chi connectivity index (χ0v) is 40.8. The van der Waals surface area contributed by atoms with Gasteiger partial charge in [0, 0.05) is 48.1 Å². The summed E-state index contributed by atoms with van der Waals surface area (Å²) >= 11 is 9.57. The van der Waals surface area contributed by atoms with Gasteiger partial charge in [-0.05, 0) is 117 Å². The molecular formula is C47H58ClN5O8S2Si. The fraction of sp³-hybridized carbons (Fsp3) is 0.447. The van der Waals surface area contributed by atoms with Crippen molar-refractivity contribution in [3.8, 4) is 22.9 Å². The van der Waals surface area contributed by atoms with Crippen LogP contribution in [0.3, 0.4) is 0 Å². The van der Waals surface area contributed by atoms with Gasteiger partial charge in [0.25, 0.3) is 0 Å². The van der Waals surface area contributed by atoms with Crippen LogP contribution in [-0.2, 0) is 32.5 Å². The molecule has 6 aromatic rings. The van der Waals surface area contributed by atoms with Crippen LogP contribution in [0.5, 0.6) is 11.5 Å². The number of phenols is 1. The fourth-order valence-corrected chi connectivity index (χ4v) is 11.2. The standard InChI is InChI=1S/C47H58ClN5O8S2Si/c1-46(2,3)64(6,7)61-38(32-18-20-36(54)43-33(32)19-21-41(55)50-43)28-49-27-29-25-35(48)34(26-37(29)58-5)44-51-42(60-52-44)13-8-22-53(4)30-14-16-31(17-15-30)59-45(56)47(57,39-11-9-23-62-39)40-12-10-24-63-40/h9-12,18-21,23-26,30-31,38,49,54,57H,8,13-17,22,27-28H2,1-7H3,(H,50,55)/t30?,31?,38-/m1/s1. The number of carbonyl (C=O) groups excluding carboxylic acids is 1. The van der Waals surface area contributed by atoms with E-state index in [0.717, 1.165) is 55.2 Å². The molecule has 1 aliphatic carbocycles. The quantitative estimate of drug-likeness (QED) is 0.0476. The number of aryl methyl sites for hydroxylation is 1. The highest BCUT2D eigenvalue weighted by Gasteiger charge is 2.45. The minimum atomic E-state index is -2.27. The molecule has 4 N–H and O–H groups in total. The van der Waals surface area contributed by atoms with E-state index in [1.807, 2.05) is 41.1 Å². The second-order valence-corrected chi connectivity index (χ2v) is 25.1. The zero-order valence-electron chi connectivity index (χ0n) is 37.4. The van der Waals surface area contributed by atoms with Crippen molar-refractivity contribution >= 4 is 59.5 Å². The van der Waals surface area contributed by atoms with Crippen LogP contribution in [0.2, 0.25) is 23.2 Å². The number of H-pyrrole nitrogens is 1. The second-order valence-electron chi connectivity index (χ2n) is 18.0. The number of aromatic hydroxyl groups is 1. The number of carbonyl (C=O) groups is 1. The molecule has 2 aromatic carbocycles. The lowest BCUT2D eigenvalue weighted by Crippen LogP contribution is -2.43. The molecule has 17 heteroatoms. The number of esters is 1. The molecule has 0 bridgehead atoms. The van der Waals surface area contributed by atoms with Crippen molar-refractivity contribution in [2.24, 2.45) is 0 Å². The van der Waals surface area contributed by atoms with Crippen molar-refractivity contribution in [1.82, 2.24) is 25.3 Å². The van der Waals surface area contributed by atoms with E-state index in [4.69, 9.17) is 30.0 Å². The van der Waals surface area contributed by atoms with Gasteiger partial charge in [0.05, 0.1) is 33.5 Å². The van der Waals surface area contributed by atoms with E-state index in [0.29, 0.717) is 68.9 Å². The third-order valence-electron chi connectivity index (χ3n) is 12.7. The van der Waals surface area contributed by atoms with Gasteiger partial charge in [0.1, 0.15) is 17.6 Å². The van der Waals surface area contributed by atoms with Gasteiger partial charge in [0.2, 0.25) is 22.9 Å². The van der Waals surface area contributed by atoms with E-state index in [-0.39, 0.29) is 28.6 Å². The predicted octanol–water partition coefficient (Wildman–Crippen LogP) is 9.58. The molecule has 342 valence electrons. The van der Waals surface area contributed by atoms with E-state index in [1.165, 1.54) is 28.7 Å². The van der Waals surface area contributed by atoms with E-state index < -0.39 is 19.9 Å². The molecule has 0 aliphatic heterocycles. The van der Waals surface area contributed by atoms with Crippen molar-refractivity contribution < 1.29 is 33.4 Å². The molecule has 4 heterocycles. The Kier molecular flexibility index (Phi) is 14.9. The number of methoxy groups -OCH3 is 1. The highest BCUT2D eigenvalue weighted by atomic mass is 35.5. The maximum atomic E-state index is 13.5. The number of fused-ring (bicyclic) bond motifs is 1. The number of aliphatic hydroxyl groups is 1. The molecular weight excluding hydrogens is 890 g/mol. The van der Waals surface area contributed by atoms with Crippen LogP contribution in [0.1, 0.15) is 85.8 Å². The Bertz CT molecular complexity index is 2530. The molecule has 1 saturated carbocycles. The van der Waals surface area contributed by atoms with Crippen molar-refractivity contribution in [3.63, 3.8) is 0 Å². The SMILES string of the molecule is COc1cc(-c2noc(CCCN(C)C3CCC(OC(=O)C(O)(c4cccs4)c4cccs4)CC3)n2)c(Cl)cc1CNC[C@@H](O[Si](C)(C)C(C)(C)C)c1ccc(O)c2[nH]c(=O)ccc12. The molecule has 1 fully saturated rings.